The summed E-state index contributed by atoms with van der Waals surface area (Å²) in [5.41, 5.74) is 1.07. The van der Waals surface area contributed by atoms with Gasteiger partial charge in [-0.15, -0.1) is 0 Å². The van der Waals surface area contributed by atoms with Crippen molar-refractivity contribution in [2.75, 3.05) is 12.4 Å². The summed E-state index contributed by atoms with van der Waals surface area (Å²) in [6.07, 6.45) is 1.31. The third-order valence-corrected chi connectivity index (χ3v) is 3.37. The second-order valence-electron chi connectivity index (χ2n) is 4.54. The van der Waals surface area contributed by atoms with E-state index in [1.165, 1.54) is 25.4 Å². The first-order chi connectivity index (χ1) is 9.97. The molecule has 1 aliphatic rings. The smallest absolute Gasteiger partial charge is 0.261 e. The van der Waals surface area contributed by atoms with E-state index in [2.05, 4.69) is 10.3 Å². The summed E-state index contributed by atoms with van der Waals surface area (Å²) in [6, 6.07) is 5.73. The van der Waals surface area contributed by atoms with Crippen LogP contribution >= 0.6 is 11.6 Å². The molecule has 3 rings (SSSR count). The zero-order valence-corrected chi connectivity index (χ0v) is 11.6. The summed E-state index contributed by atoms with van der Waals surface area (Å²) in [7, 11) is 1.41. The van der Waals surface area contributed by atoms with Crippen LogP contribution in [0.4, 0.5) is 15.9 Å². The monoisotopic (exact) mass is 305 g/mol. The van der Waals surface area contributed by atoms with Gasteiger partial charge in [0.05, 0.1) is 16.1 Å². The van der Waals surface area contributed by atoms with Crippen LogP contribution in [0, 0.1) is 5.82 Å². The van der Waals surface area contributed by atoms with Crippen LogP contribution in [0.2, 0.25) is 5.02 Å². The van der Waals surface area contributed by atoms with E-state index in [4.69, 9.17) is 11.6 Å². The van der Waals surface area contributed by atoms with E-state index in [-0.39, 0.29) is 28.2 Å². The average molecular weight is 306 g/mol. The van der Waals surface area contributed by atoms with Gasteiger partial charge in [-0.1, -0.05) is 11.6 Å². The second kappa shape index (κ2) is 4.82. The van der Waals surface area contributed by atoms with Crippen LogP contribution in [0.5, 0.6) is 0 Å². The van der Waals surface area contributed by atoms with Crippen LogP contribution in [0.1, 0.15) is 20.7 Å². The summed E-state index contributed by atoms with van der Waals surface area (Å²) in [5, 5.41) is 2.94. The molecule has 2 amide bonds. The highest BCUT2D eigenvalue weighted by Crippen LogP contribution is 2.27. The van der Waals surface area contributed by atoms with Gasteiger partial charge in [0, 0.05) is 18.9 Å². The third kappa shape index (κ3) is 2.23. The lowest BCUT2D eigenvalue weighted by Gasteiger charge is -2.07. The molecule has 0 radical (unpaired) electrons. The van der Waals surface area contributed by atoms with Gasteiger partial charge in [-0.25, -0.2) is 9.37 Å². The lowest BCUT2D eigenvalue weighted by molar-refractivity contribution is 0.0693. The Labute approximate surface area is 124 Å². The molecule has 7 heteroatoms. The van der Waals surface area contributed by atoms with Gasteiger partial charge in [-0.2, -0.15) is 0 Å². The number of benzene rings is 1. The number of amides is 2. The van der Waals surface area contributed by atoms with Gasteiger partial charge in [-0.3, -0.25) is 14.5 Å². The van der Waals surface area contributed by atoms with Crippen LogP contribution in [-0.2, 0) is 0 Å². The number of rotatable bonds is 2. The third-order valence-electron chi connectivity index (χ3n) is 3.16. The molecule has 21 heavy (non-hydrogen) atoms. The van der Waals surface area contributed by atoms with Crippen LogP contribution in [-0.4, -0.2) is 28.7 Å². The van der Waals surface area contributed by atoms with Gasteiger partial charge in [-0.05, 0) is 24.3 Å². The topological polar surface area (TPSA) is 62.3 Å². The van der Waals surface area contributed by atoms with E-state index in [0.29, 0.717) is 11.3 Å². The Hall–Kier alpha value is -2.47. The molecule has 106 valence electrons. The van der Waals surface area contributed by atoms with Crippen molar-refractivity contribution < 1.29 is 14.0 Å². The first-order valence-corrected chi connectivity index (χ1v) is 6.39. The van der Waals surface area contributed by atoms with Gasteiger partial charge in [0.25, 0.3) is 11.8 Å². The maximum Gasteiger partial charge on any atom is 0.261 e. The molecule has 1 aliphatic heterocycles. The molecule has 0 saturated carbocycles. The van der Waals surface area contributed by atoms with Crippen molar-refractivity contribution in [1.82, 2.24) is 9.88 Å². The highest BCUT2D eigenvalue weighted by Gasteiger charge is 2.32. The fourth-order valence-corrected chi connectivity index (χ4v) is 2.23. The number of carbonyl (C=O) groups is 2. The molecule has 0 atom stereocenters. The maximum atomic E-state index is 13.7. The number of pyridine rings is 1. The van der Waals surface area contributed by atoms with Crippen molar-refractivity contribution in [3.8, 4) is 0 Å². The van der Waals surface area contributed by atoms with Gasteiger partial charge in [0.2, 0.25) is 0 Å². The minimum absolute atomic E-state index is 0.00974. The number of anilines is 2. The Morgan fingerprint density at radius 1 is 1.19 bits per heavy atom. The summed E-state index contributed by atoms with van der Waals surface area (Å²) < 4.78 is 13.7. The van der Waals surface area contributed by atoms with E-state index in [9.17, 15) is 14.0 Å². The largest absolute Gasteiger partial charge is 0.338 e. The second-order valence-corrected chi connectivity index (χ2v) is 4.98. The lowest BCUT2D eigenvalue weighted by Crippen LogP contribution is -2.24. The fourth-order valence-electron chi connectivity index (χ4n) is 2.08. The first kappa shape index (κ1) is 13.5. The molecule has 2 heterocycles. The summed E-state index contributed by atoms with van der Waals surface area (Å²) in [6.45, 7) is 0. The van der Waals surface area contributed by atoms with E-state index >= 15 is 0 Å². The molecule has 0 fully saturated rings. The Bertz CT molecular complexity index is 779. The van der Waals surface area contributed by atoms with Crippen molar-refractivity contribution in [3.05, 3.63) is 52.4 Å². The molecule has 0 spiro atoms. The van der Waals surface area contributed by atoms with E-state index in [1.54, 1.807) is 6.07 Å². The van der Waals surface area contributed by atoms with E-state index in [1.807, 2.05) is 0 Å². The predicted octanol–water partition coefficient (Wildman–Crippen LogP) is 2.84. The van der Waals surface area contributed by atoms with Crippen molar-refractivity contribution in [2.45, 2.75) is 0 Å². The zero-order valence-electron chi connectivity index (χ0n) is 10.9. The molecular weight excluding hydrogens is 297 g/mol. The Kier molecular flexibility index (Phi) is 3.10. The van der Waals surface area contributed by atoms with Crippen molar-refractivity contribution in [1.29, 1.82) is 0 Å². The molecule has 1 aromatic carbocycles. The van der Waals surface area contributed by atoms with Crippen LogP contribution in [0.15, 0.2) is 30.5 Å². The minimum Gasteiger partial charge on any atom is -0.338 e. The highest BCUT2D eigenvalue weighted by molar-refractivity contribution is 6.30. The molecule has 5 nitrogen and oxygen atoms in total. The highest BCUT2D eigenvalue weighted by atomic mass is 35.5. The predicted molar refractivity (Wildman–Crippen MR) is 75.4 cm³/mol. The Morgan fingerprint density at radius 2 is 1.90 bits per heavy atom. The van der Waals surface area contributed by atoms with E-state index < -0.39 is 5.82 Å². The lowest BCUT2D eigenvalue weighted by atomic mass is 10.1. The van der Waals surface area contributed by atoms with Crippen molar-refractivity contribution in [2.24, 2.45) is 0 Å². The molecule has 0 saturated heterocycles. The van der Waals surface area contributed by atoms with Gasteiger partial charge in [0.15, 0.2) is 11.6 Å². The fraction of sp³-hybridized carbons (Fsp3) is 0.0714. The average Bonchev–Trinajstić information content (AvgIpc) is 2.67. The molecule has 0 aliphatic carbocycles. The number of halogens is 2. The molecule has 1 aromatic heterocycles. The summed E-state index contributed by atoms with van der Waals surface area (Å²) in [4.78, 5) is 28.5. The normalized spacial score (nSPS) is 13.6. The molecule has 0 unspecified atom stereocenters. The van der Waals surface area contributed by atoms with Crippen LogP contribution in [0.3, 0.4) is 0 Å². The number of nitrogens with zero attached hydrogens (tertiary/aromatic N) is 2. The number of carbonyl (C=O) groups excluding carboxylic acids is 2. The molecule has 1 N–H and O–H groups in total. The SMILES string of the molecule is CN1C(=O)c2ccc(Nc3ncc(Cl)cc3F)cc2C1=O. The number of hydrogen-bond donors (Lipinski definition) is 1. The van der Waals surface area contributed by atoms with Gasteiger partial charge >= 0.3 is 0 Å². The minimum atomic E-state index is -0.609. The maximum absolute atomic E-state index is 13.7. The summed E-state index contributed by atoms with van der Waals surface area (Å²) in [5.74, 6) is -1.35. The molecular formula is C14H9ClFN3O2. The Morgan fingerprint density at radius 3 is 2.62 bits per heavy atom. The number of imide groups is 1. The number of fused-ring (bicyclic) bond motifs is 1. The Balaban J connectivity index is 1.95. The van der Waals surface area contributed by atoms with Crippen molar-refractivity contribution in [3.63, 3.8) is 0 Å². The molecule has 2 aromatic rings. The van der Waals surface area contributed by atoms with Crippen LogP contribution in [0.25, 0.3) is 0 Å². The summed E-state index contributed by atoms with van der Waals surface area (Å²) >= 11 is 5.63. The van der Waals surface area contributed by atoms with Crippen molar-refractivity contribution >= 4 is 34.9 Å². The number of hydrogen-bond acceptors (Lipinski definition) is 4. The van der Waals surface area contributed by atoms with Gasteiger partial charge < -0.3 is 5.32 Å². The number of nitrogens with one attached hydrogen (secondary N) is 1. The standard InChI is InChI=1S/C14H9ClFN3O2/c1-19-13(20)9-3-2-8(5-10(9)14(19)21)18-12-11(16)4-7(15)6-17-12/h2-6H,1H3,(H,17,18). The quantitative estimate of drug-likeness (QED) is 0.867. The zero-order chi connectivity index (χ0) is 15.1. The molecule has 0 bridgehead atoms. The first-order valence-electron chi connectivity index (χ1n) is 6.02. The van der Waals surface area contributed by atoms with Crippen LogP contribution < -0.4 is 5.32 Å². The van der Waals surface area contributed by atoms with E-state index in [0.717, 1.165) is 11.0 Å². The van der Waals surface area contributed by atoms with Gasteiger partial charge in [0.1, 0.15) is 0 Å². The number of aromatic nitrogens is 1.